The van der Waals surface area contributed by atoms with Gasteiger partial charge in [0.1, 0.15) is 6.04 Å². The van der Waals surface area contributed by atoms with E-state index < -0.39 is 39.6 Å². The number of phenols is 1. The Kier molecular flexibility index (Phi) is 5.42. The van der Waals surface area contributed by atoms with Crippen LogP contribution in [0.5, 0.6) is 5.75 Å². The molecule has 0 saturated heterocycles. The fraction of sp³-hybridized carbons (Fsp3) is 0.154. The van der Waals surface area contributed by atoms with Crippen molar-refractivity contribution in [3.63, 3.8) is 0 Å². The summed E-state index contributed by atoms with van der Waals surface area (Å²) in [6.45, 7) is 1.42. The predicted octanol–water partition coefficient (Wildman–Crippen LogP) is -0.977. The van der Waals surface area contributed by atoms with Gasteiger partial charge in [-0.2, -0.15) is 5.10 Å². The number of aromatic amines is 2. The highest BCUT2D eigenvalue weighted by atomic mass is 16.6. The third-order valence-corrected chi connectivity index (χ3v) is 3.04. The SMILES string of the molecule is C[C@H](Nc1n[nH]c(=O)[nH]c1=O)C(=O)N/N=C/c1ccc(O)c([N+](=O)[O-])c1. The number of phenolic OH excluding ortho intramolecular Hbond substituents is 1. The number of aromatic hydroxyl groups is 1. The van der Waals surface area contributed by atoms with E-state index in [1.165, 1.54) is 13.0 Å². The maximum atomic E-state index is 11.9. The summed E-state index contributed by atoms with van der Waals surface area (Å²) in [5.74, 6) is -1.39. The van der Waals surface area contributed by atoms with Crippen molar-refractivity contribution in [3.8, 4) is 5.75 Å². The van der Waals surface area contributed by atoms with E-state index >= 15 is 0 Å². The van der Waals surface area contributed by atoms with Gasteiger partial charge in [-0.1, -0.05) is 0 Å². The van der Waals surface area contributed by atoms with Crippen molar-refractivity contribution in [2.24, 2.45) is 5.10 Å². The summed E-state index contributed by atoms with van der Waals surface area (Å²) in [6.07, 6.45) is 1.14. The van der Waals surface area contributed by atoms with Crippen LogP contribution in [0, 0.1) is 10.1 Å². The molecular formula is C13H13N7O6. The molecule has 0 radical (unpaired) electrons. The molecule has 0 aliphatic rings. The van der Waals surface area contributed by atoms with Crippen molar-refractivity contribution in [1.82, 2.24) is 20.6 Å². The monoisotopic (exact) mass is 363 g/mol. The molecule has 1 aromatic heterocycles. The first-order valence-electron chi connectivity index (χ1n) is 7.04. The van der Waals surface area contributed by atoms with Crippen LogP contribution in [0.2, 0.25) is 0 Å². The Morgan fingerprint density at radius 3 is 2.85 bits per heavy atom. The maximum absolute atomic E-state index is 11.9. The van der Waals surface area contributed by atoms with Gasteiger partial charge in [-0.3, -0.25) is 24.7 Å². The summed E-state index contributed by atoms with van der Waals surface area (Å²) in [4.78, 5) is 46.2. The number of nitrogens with one attached hydrogen (secondary N) is 4. The fourth-order valence-corrected chi connectivity index (χ4v) is 1.75. The predicted molar refractivity (Wildman–Crippen MR) is 89.1 cm³/mol. The van der Waals surface area contributed by atoms with Crippen LogP contribution in [-0.4, -0.2) is 43.4 Å². The number of aromatic nitrogens is 3. The molecule has 13 heteroatoms. The molecule has 1 heterocycles. The molecule has 5 N–H and O–H groups in total. The zero-order chi connectivity index (χ0) is 19.3. The topological polar surface area (TPSA) is 195 Å². The average molecular weight is 363 g/mol. The molecule has 0 aliphatic carbocycles. The number of nitrogens with zero attached hydrogens (tertiary/aromatic N) is 3. The minimum absolute atomic E-state index is 0.259. The molecule has 0 bridgehead atoms. The minimum Gasteiger partial charge on any atom is -0.502 e. The standard InChI is InChI=1S/C13H13N7O6/c1-6(15-10-12(23)16-13(24)19-17-10)11(22)18-14-5-7-2-3-9(21)8(4-7)20(25)26/h2-6,21H,1H3,(H,15,17)(H,18,22)(H2,16,19,23,24)/b14-5+/t6-/m0/s1. The quantitative estimate of drug-likeness (QED) is 0.245. The molecule has 2 aromatic rings. The smallest absolute Gasteiger partial charge is 0.342 e. The van der Waals surface area contributed by atoms with Crippen molar-refractivity contribution < 1.29 is 14.8 Å². The average Bonchev–Trinajstić information content (AvgIpc) is 2.58. The highest BCUT2D eigenvalue weighted by molar-refractivity contribution is 5.86. The van der Waals surface area contributed by atoms with Crippen molar-refractivity contribution in [2.45, 2.75) is 13.0 Å². The number of amides is 1. The fourth-order valence-electron chi connectivity index (χ4n) is 1.75. The third-order valence-electron chi connectivity index (χ3n) is 3.04. The van der Waals surface area contributed by atoms with Gasteiger partial charge in [0.25, 0.3) is 11.5 Å². The summed E-state index contributed by atoms with van der Waals surface area (Å²) in [6, 6.07) is 2.64. The van der Waals surface area contributed by atoms with Gasteiger partial charge in [0, 0.05) is 11.6 Å². The van der Waals surface area contributed by atoms with Crippen LogP contribution in [0.25, 0.3) is 0 Å². The first-order valence-corrected chi connectivity index (χ1v) is 7.04. The highest BCUT2D eigenvalue weighted by Gasteiger charge is 2.15. The number of carbonyl (C=O) groups is 1. The van der Waals surface area contributed by atoms with Crippen LogP contribution >= 0.6 is 0 Å². The van der Waals surface area contributed by atoms with Crippen LogP contribution in [0.15, 0.2) is 32.9 Å². The molecule has 136 valence electrons. The Balaban J connectivity index is 2.00. The Morgan fingerprint density at radius 1 is 1.46 bits per heavy atom. The number of hydrogen-bond acceptors (Lipinski definition) is 9. The Bertz CT molecular complexity index is 979. The number of anilines is 1. The molecule has 1 atom stereocenters. The lowest BCUT2D eigenvalue weighted by Gasteiger charge is -2.11. The van der Waals surface area contributed by atoms with Crippen LogP contribution in [-0.2, 0) is 4.79 Å². The van der Waals surface area contributed by atoms with E-state index in [-0.39, 0.29) is 11.4 Å². The Morgan fingerprint density at radius 2 is 2.19 bits per heavy atom. The number of carbonyl (C=O) groups excluding carboxylic acids is 1. The van der Waals surface area contributed by atoms with Gasteiger partial charge in [0.2, 0.25) is 5.82 Å². The second-order valence-electron chi connectivity index (χ2n) is 4.96. The van der Waals surface area contributed by atoms with E-state index in [2.05, 4.69) is 20.9 Å². The molecule has 1 amide bonds. The summed E-state index contributed by atoms with van der Waals surface area (Å²) in [7, 11) is 0. The van der Waals surface area contributed by atoms with Gasteiger partial charge < -0.3 is 10.4 Å². The number of hydrogen-bond donors (Lipinski definition) is 5. The van der Waals surface area contributed by atoms with E-state index in [4.69, 9.17) is 0 Å². The number of nitro benzene ring substituents is 1. The first kappa shape index (κ1) is 18.3. The van der Waals surface area contributed by atoms with Gasteiger partial charge >= 0.3 is 11.4 Å². The van der Waals surface area contributed by atoms with E-state index in [1.807, 2.05) is 10.1 Å². The van der Waals surface area contributed by atoms with E-state index in [9.17, 15) is 29.6 Å². The van der Waals surface area contributed by atoms with Crippen molar-refractivity contribution in [3.05, 3.63) is 54.7 Å². The molecule has 2 rings (SSSR count). The number of hydrazone groups is 1. The van der Waals surface area contributed by atoms with Gasteiger partial charge in [0.05, 0.1) is 11.1 Å². The van der Waals surface area contributed by atoms with Crippen molar-refractivity contribution >= 4 is 23.6 Å². The molecule has 1 aromatic carbocycles. The Hall–Kier alpha value is -4.03. The second kappa shape index (κ2) is 7.69. The number of H-pyrrole nitrogens is 2. The molecule has 13 nitrogen and oxygen atoms in total. The summed E-state index contributed by atoms with van der Waals surface area (Å²) in [5, 5.41) is 31.7. The van der Waals surface area contributed by atoms with Crippen LogP contribution in [0.3, 0.4) is 0 Å². The van der Waals surface area contributed by atoms with Gasteiger partial charge in [-0.25, -0.2) is 15.3 Å². The van der Waals surface area contributed by atoms with E-state index in [0.717, 1.165) is 18.3 Å². The molecule has 0 fully saturated rings. The van der Waals surface area contributed by atoms with Crippen LogP contribution < -0.4 is 22.0 Å². The highest BCUT2D eigenvalue weighted by Crippen LogP contribution is 2.25. The molecule has 0 saturated carbocycles. The third kappa shape index (κ3) is 4.50. The van der Waals surface area contributed by atoms with E-state index in [1.54, 1.807) is 0 Å². The normalized spacial score (nSPS) is 11.9. The number of nitro groups is 1. The lowest BCUT2D eigenvalue weighted by atomic mass is 10.2. The molecule has 0 unspecified atom stereocenters. The van der Waals surface area contributed by atoms with Crippen molar-refractivity contribution in [1.29, 1.82) is 0 Å². The van der Waals surface area contributed by atoms with Crippen LogP contribution in [0.4, 0.5) is 11.5 Å². The van der Waals surface area contributed by atoms with Crippen molar-refractivity contribution in [2.75, 3.05) is 5.32 Å². The minimum atomic E-state index is -0.930. The van der Waals surface area contributed by atoms with Crippen LogP contribution in [0.1, 0.15) is 12.5 Å². The van der Waals surface area contributed by atoms with Gasteiger partial charge in [0.15, 0.2) is 5.75 Å². The lowest BCUT2D eigenvalue weighted by molar-refractivity contribution is -0.385. The van der Waals surface area contributed by atoms with Gasteiger partial charge in [-0.15, -0.1) is 5.10 Å². The summed E-state index contributed by atoms with van der Waals surface area (Å²) in [5.41, 5.74) is 0.355. The summed E-state index contributed by atoms with van der Waals surface area (Å²) >= 11 is 0. The number of benzene rings is 1. The largest absolute Gasteiger partial charge is 0.502 e. The molecule has 0 aliphatic heterocycles. The second-order valence-corrected chi connectivity index (χ2v) is 4.96. The maximum Gasteiger partial charge on any atom is 0.342 e. The first-order chi connectivity index (χ1) is 12.3. The Labute approximate surface area is 143 Å². The zero-order valence-electron chi connectivity index (χ0n) is 13.2. The molecular weight excluding hydrogens is 350 g/mol. The zero-order valence-corrected chi connectivity index (χ0v) is 13.2. The summed E-state index contributed by atoms with van der Waals surface area (Å²) < 4.78 is 0. The van der Waals surface area contributed by atoms with E-state index in [0.29, 0.717) is 0 Å². The molecule has 0 spiro atoms. The van der Waals surface area contributed by atoms with Gasteiger partial charge in [-0.05, 0) is 19.1 Å². The number of rotatable bonds is 6. The lowest BCUT2D eigenvalue weighted by Crippen LogP contribution is -2.38. The molecule has 26 heavy (non-hydrogen) atoms.